The summed E-state index contributed by atoms with van der Waals surface area (Å²) in [4.78, 5) is 0. The van der Waals surface area contributed by atoms with Crippen LogP contribution in [0, 0.1) is 0 Å². The monoisotopic (exact) mass is 214 g/mol. The largest absolute Gasteiger partial charge is 0.378 e. The average molecular weight is 214 g/mol. The maximum Gasteiger partial charge on any atom is 0.0588 e. The lowest BCUT2D eigenvalue weighted by molar-refractivity contribution is 0.104. The van der Waals surface area contributed by atoms with E-state index in [-0.39, 0.29) is 5.54 Å². The van der Waals surface area contributed by atoms with Gasteiger partial charge in [0.2, 0.25) is 0 Å². The molecule has 90 valence electrons. The lowest BCUT2D eigenvalue weighted by atomic mass is 9.97. The molecule has 1 saturated heterocycles. The maximum absolute atomic E-state index is 6.13. The van der Waals surface area contributed by atoms with Crippen LogP contribution in [0.1, 0.15) is 46.0 Å². The summed E-state index contributed by atoms with van der Waals surface area (Å²) in [5.74, 6) is 0. The van der Waals surface area contributed by atoms with Gasteiger partial charge in [0.15, 0.2) is 0 Å². The van der Waals surface area contributed by atoms with E-state index in [9.17, 15) is 0 Å². The topological polar surface area (TPSA) is 47.3 Å². The van der Waals surface area contributed by atoms with Gasteiger partial charge in [-0.3, -0.25) is 0 Å². The van der Waals surface area contributed by atoms with Crippen LogP contribution in [0.5, 0.6) is 0 Å². The van der Waals surface area contributed by atoms with Crippen LogP contribution in [0.2, 0.25) is 0 Å². The van der Waals surface area contributed by atoms with Gasteiger partial charge in [-0.2, -0.15) is 0 Å². The van der Waals surface area contributed by atoms with Gasteiger partial charge in [0.1, 0.15) is 0 Å². The number of rotatable bonds is 7. The zero-order valence-electron chi connectivity index (χ0n) is 10.2. The van der Waals surface area contributed by atoms with Crippen LogP contribution in [0.25, 0.3) is 0 Å². The van der Waals surface area contributed by atoms with Crippen molar-refractivity contribution < 1.29 is 4.74 Å². The van der Waals surface area contributed by atoms with E-state index in [1.165, 1.54) is 12.8 Å². The summed E-state index contributed by atoms with van der Waals surface area (Å²) in [5.41, 5.74) is 6.08. The van der Waals surface area contributed by atoms with E-state index in [0.717, 1.165) is 39.0 Å². The Morgan fingerprint density at radius 2 is 2.33 bits per heavy atom. The molecule has 1 heterocycles. The Labute approximate surface area is 93.8 Å². The normalized spacial score (nSPS) is 25.4. The molecule has 2 unspecified atom stereocenters. The van der Waals surface area contributed by atoms with Gasteiger partial charge >= 0.3 is 0 Å². The minimum Gasteiger partial charge on any atom is -0.378 e. The first-order valence-corrected chi connectivity index (χ1v) is 6.25. The number of nitrogens with one attached hydrogen (secondary N) is 1. The van der Waals surface area contributed by atoms with E-state index in [0.29, 0.717) is 6.10 Å². The average Bonchev–Trinajstić information content (AvgIpc) is 2.65. The first-order valence-electron chi connectivity index (χ1n) is 6.25. The predicted molar refractivity (Wildman–Crippen MR) is 64.0 cm³/mol. The van der Waals surface area contributed by atoms with Gasteiger partial charge in [0, 0.05) is 18.7 Å². The lowest BCUT2D eigenvalue weighted by Gasteiger charge is -2.24. The molecule has 0 aromatic heterocycles. The Morgan fingerprint density at radius 3 is 2.93 bits per heavy atom. The van der Waals surface area contributed by atoms with Crippen LogP contribution in [0.3, 0.4) is 0 Å². The molecular weight excluding hydrogens is 188 g/mol. The van der Waals surface area contributed by atoms with E-state index in [2.05, 4.69) is 19.2 Å². The summed E-state index contributed by atoms with van der Waals surface area (Å²) in [6, 6.07) is 0. The minimum absolute atomic E-state index is 0.0503. The zero-order chi connectivity index (χ0) is 11.1. The minimum atomic E-state index is -0.0503. The van der Waals surface area contributed by atoms with Crippen molar-refractivity contribution in [3.8, 4) is 0 Å². The molecule has 0 saturated carbocycles. The second-order valence-corrected chi connectivity index (χ2v) is 5.00. The van der Waals surface area contributed by atoms with Gasteiger partial charge in [-0.05, 0) is 39.2 Å². The van der Waals surface area contributed by atoms with Crippen molar-refractivity contribution in [1.82, 2.24) is 5.32 Å². The molecule has 1 aliphatic rings. The molecule has 0 aromatic rings. The van der Waals surface area contributed by atoms with Crippen molar-refractivity contribution >= 4 is 0 Å². The van der Waals surface area contributed by atoms with E-state index >= 15 is 0 Å². The summed E-state index contributed by atoms with van der Waals surface area (Å²) >= 11 is 0. The summed E-state index contributed by atoms with van der Waals surface area (Å²) < 4.78 is 5.56. The van der Waals surface area contributed by atoms with Crippen molar-refractivity contribution in [2.45, 2.75) is 57.6 Å². The van der Waals surface area contributed by atoms with Crippen molar-refractivity contribution in [2.75, 3.05) is 19.7 Å². The summed E-state index contributed by atoms with van der Waals surface area (Å²) in [6.07, 6.45) is 6.32. The van der Waals surface area contributed by atoms with E-state index in [4.69, 9.17) is 10.5 Å². The SMILES string of the molecule is CCCC(C)(N)CNCCC1CCCO1. The maximum atomic E-state index is 6.13. The fourth-order valence-electron chi connectivity index (χ4n) is 2.17. The molecule has 3 nitrogen and oxygen atoms in total. The summed E-state index contributed by atoms with van der Waals surface area (Å²) in [6.45, 7) is 7.19. The third-order valence-corrected chi connectivity index (χ3v) is 3.02. The number of hydrogen-bond donors (Lipinski definition) is 2. The molecule has 0 bridgehead atoms. The molecule has 1 rings (SSSR count). The Balaban J connectivity index is 2.00. The van der Waals surface area contributed by atoms with Gasteiger partial charge in [0.05, 0.1) is 6.10 Å². The molecule has 0 aliphatic carbocycles. The highest BCUT2D eigenvalue weighted by molar-refractivity contribution is 4.80. The molecule has 1 aliphatic heterocycles. The van der Waals surface area contributed by atoms with Crippen LogP contribution in [0.15, 0.2) is 0 Å². The van der Waals surface area contributed by atoms with Gasteiger partial charge in [-0.1, -0.05) is 13.3 Å². The number of hydrogen-bond acceptors (Lipinski definition) is 3. The molecule has 0 spiro atoms. The smallest absolute Gasteiger partial charge is 0.0588 e. The van der Waals surface area contributed by atoms with Crippen LogP contribution < -0.4 is 11.1 Å². The van der Waals surface area contributed by atoms with Crippen molar-refractivity contribution in [2.24, 2.45) is 5.73 Å². The fraction of sp³-hybridized carbons (Fsp3) is 1.00. The Hall–Kier alpha value is -0.120. The Bertz CT molecular complexity index is 165. The van der Waals surface area contributed by atoms with Crippen LogP contribution in [-0.2, 0) is 4.74 Å². The first-order chi connectivity index (χ1) is 7.14. The van der Waals surface area contributed by atoms with E-state index in [1.54, 1.807) is 0 Å². The van der Waals surface area contributed by atoms with Crippen molar-refractivity contribution in [3.63, 3.8) is 0 Å². The molecule has 0 amide bonds. The Kier molecular flexibility index (Phi) is 5.58. The molecule has 1 fully saturated rings. The van der Waals surface area contributed by atoms with Crippen molar-refractivity contribution in [1.29, 1.82) is 0 Å². The van der Waals surface area contributed by atoms with Gasteiger partial charge < -0.3 is 15.8 Å². The lowest BCUT2D eigenvalue weighted by Crippen LogP contribution is -2.46. The molecule has 0 radical (unpaired) electrons. The Morgan fingerprint density at radius 1 is 1.53 bits per heavy atom. The van der Waals surface area contributed by atoms with Crippen molar-refractivity contribution in [3.05, 3.63) is 0 Å². The highest BCUT2D eigenvalue weighted by Crippen LogP contribution is 2.14. The first kappa shape index (κ1) is 12.9. The zero-order valence-corrected chi connectivity index (χ0v) is 10.2. The molecule has 3 heteroatoms. The summed E-state index contributed by atoms with van der Waals surface area (Å²) in [7, 11) is 0. The van der Waals surface area contributed by atoms with Crippen LogP contribution in [-0.4, -0.2) is 31.3 Å². The highest BCUT2D eigenvalue weighted by Gasteiger charge is 2.18. The second kappa shape index (κ2) is 6.46. The second-order valence-electron chi connectivity index (χ2n) is 5.00. The standard InChI is InChI=1S/C12H26N2O/c1-3-7-12(2,13)10-14-8-6-11-5-4-9-15-11/h11,14H,3-10,13H2,1-2H3. The van der Waals surface area contributed by atoms with E-state index < -0.39 is 0 Å². The third kappa shape index (κ3) is 5.50. The molecule has 15 heavy (non-hydrogen) atoms. The molecule has 2 atom stereocenters. The molecule has 0 aromatic carbocycles. The summed E-state index contributed by atoms with van der Waals surface area (Å²) in [5, 5.41) is 3.43. The highest BCUT2D eigenvalue weighted by atomic mass is 16.5. The fourth-order valence-corrected chi connectivity index (χ4v) is 2.17. The van der Waals surface area contributed by atoms with Gasteiger partial charge in [-0.25, -0.2) is 0 Å². The molecular formula is C12H26N2O. The van der Waals surface area contributed by atoms with Crippen LogP contribution in [0.4, 0.5) is 0 Å². The molecule has 3 N–H and O–H groups in total. The number of nitrogens with two attached hydrogens (primary N) is 1. The quantitative estimate of drug-likeness (QED) is 0.634. The predicted octanol–water partition coefficient (Wildman–Crippen LogP) is 1.66. The third-order valence-electron chi connectivity index (χ3n) is 3.02. The van der Waals surface area contributed by atoms with E-state index in [1.807, 2.05) is 0 Å². The van der Waals surface area contributed by atoms with Crippen LogP contribution >= 0.6 is 0 Å². The van der Waals surface area contributed by atoms with Gasteiger partial charge in [-0.15, -0.1) is 0 Å². The van der Waals surface area contributed by atoms with Gasteiger partial charge in [0.25, 0.3) is 0 Å². The number of ether oxygens (including phenoxy) is 1.